The molecule has 1 fully saturated rings. The third kappa shape index (κ3) is 15.2. The first-order valence-corrected chi connectivity index (χ1v) is 9.32. The van der Waals surface area contributed by atoms with Crippen molar-refractivity contribution in [1.29, 1.82) is 0 Å². The molecule has 2 rings (SSSR count). The van der Waals surface area contributed by atoms with Crippen LogP contribution in [0, 0.1) is 0 Å². The molecule has 1 aromatic heterocycles. The van der Waals surface area contributed by atoms with E-state index >= 15 is 0 Å². The van der Waals surface area contributed by atoms with Crippen molar-refractivity contribution >= 4 is 18.8 Å². The van der Waals surface area contributed by atoms with Gasteiger partial charge in [-0.1, -0.05) is 18.9 Å². The van der Waals surface area contributed by atoms with Gasteiger partial charge in [0.1, 0.15) is 0 Å². The monoisotopic (exact) mass is 400 g/mol. The van der Waals surface area contributed by atoms with E-state index in [9.17, 15) is 0 Å². The summed E-state index contributed by atoms with van der Waals surface area (Å²) < 4.78 is 0. The second-order valence-corrected chi connectivity index (χ2v) is 5.63. The van der Waals surface area contributed by atoms with Gasteiger partial charge in [-0.2, -0.15) is 0 Å². The fourth-order valence-corrected chi connectivity index (χ4v) is 0.396. The maximum Gasteiger partial charge on any atom is 0.0267 e. The number of hydrogen-bond donors (Lipinski definition) is 0. The van der Waals surface area contributed by atoms with Crippen molar-refractivity contribution in [2.45, 2.75) is 18.9 Å². The van der Waals surface area contributed by atoms with Crippen molar-refractivity contribution < 1.29 is 16.5 Å². The molecule has 0 spiro atoms. The van der Waals surface area contributed by atoms with E-state index in [1.54, 1.807) is 12.4 Å². The molecule has 0 bridgehead atoms. The summed E-state index contributed by atoms with van der Waals surface area (Å²) >= 11 is -0.472. The summed E-state index contributed by atoms with van der Waals surface area (Å²) in [6, 6.07) is 6.05. The smallest absolute Gasteiger partial charge is 0.0267 e. The number of rotatable bonds is 0. The predicted octanol–water partition coefficient (Wildman–Crippen LogP) is 3.66. The summed E-state index contributed by atoms with van der Waals surface area (Å²) in [5.74, 6) is 0. The largest absolute Gasteiger partial charge is 0.675 e. The zero-order chi connectivity index (χ0) is 9.94. The van der Waals surface area contributed by atoms with Crippen LogP contribution in [0.3, 0.4) is 0 Å². The van der Waals surface area contributed by atoms with Crippen LogP contribution < -0.4 is 0 Å². The van der Waals surface area contributed by atoms with Crippen molar-refractivity contribution in [2.24, 2.45) is 0 Å². The Kier molecular flexibility index (Phi) is 10.8. The zero-order valence-corrected chi connectivity index (χ0v) is 10.7. The number of nitrogens with one attached hydrogen (secondary N) is 1. The van der Waals surface area contributed by atoms with Crippen LogP contribution in [-0.2, 0) is 16.5 Å². The Hall–Kier alpha value is 0.378. The maximum absolute atomic E-state index is 6.69. The molecule has 13 heavy (non-hydrogen) atoms. The van der Waals surface area contributed by atoms with Gasteiger partial charge >= 0.3 is 35.3 Å². The van der Waals surface area contributed by atoms with E-state index in [1.165, 1.54) is 0 Å². The van der Waals surface area contributed by atoms with E-state index in [0.29, 0.717) is 6.04 Å². The average molecular weight is 401 g/mol. The van der Waals surface area contributed by atoms with Crippen LogP contribution in [0.1, 0.15) is 12.8 Å². The first kappa shape index (κ1) is 13.4. The molecule has 1 aromatic rings. The molecule has 0 aromatic carbocycles. The summed E-state index contributed by atoms with van der Waals surface area (Å²) in [5.41, 5.74) is 6.69. The molecule has 1 aliphatic carbocycles. The zero-order valence-electron chi connectivity index (χ0n) is 6.90. The Balaban J connectivity index is 0.000000180. The van der Waals surface area contributed by atoms with Crippen LogP contribution in [0.2, 0.25) is 0 Å². The Labute approximate surface area is 95.2 Å². The van der Waals surface area contributed by atoms with Crippen LogP contribution in [0.25, 0.3) is 5.73 Å². The van der Waals surface area contributed by atoms with Gasteiger partial charge in [-0.25, -0.2) is 0 Å². The molecule has 0 amide bonds. The first-order chi connectivity index (χ1) is 6.31. The van der Waals surface area contributed by atoms with Gasteiger partial charge in [0.2, 0.25) is 0 Å². The van der Waals surface area contributed by atoms with Crippen molar-refractivity contribution in [1.82, 2.24) is 4.98 Å². The second kappa shape index (κ2) is 10.5. The number of halogens is 2. The molecule has 78 valence electrons. The van der Waals surface area contributed by atoms with Crippen molar-refractivity contribution in [3.63, 3.8) is 0 Å². The minimum absolute atomic E-state index is 0.333. The van der Waals surface area contributed by atoms with E-state index in [4.69, 9.17) is 24.6 Å². The Morgan fingerprint density at radius 3 is 1.62 bits per heavy atom. The van der Waals surface area contributed by atoms with Crippen molar-refractivity contribution in [3.8, 4) is 0 Å². The molecule has 2 nitrogen and oxygen atoms in total. The van der Waals surface area contributed by atoms with Gasteiger partial charge < -0.3 is 5.73 Å². The van der Waals surface area contributed by atoms with Gasteiger partial charge in [0.05, 0.1) is 0 Å². The van der Waals surface area contributed by atoms with E-state index in [0.717, 1.165) is 12.8 Å². The van der Waals surface area contributed by atoms with Crippen molar-refractivity contribution in [3.05, 3.63) is 36.3 Å². The Morgan fingerprint density at radius 1 is 1.15 bits per heavy atom. The minimum Gasteiger partial charge on any atom is -0.675 e. The molecule has 1 saturated carbocycles. The van der Waals surface area contributed by atoms with Crippen LogP contribution >= 0.6 is 18.8 Å². The molecular formula is C8H11Cl2N2Pt-. The molecule has 0 aliphatic heterocycles. The standard InChI is InChI=1S/C5H5N.C3H6N.2ClH.Pt/c1-2-4-6-5-3-1;4-3-1-2-3;;;/h1-5H;3-4H,1-2H2;2*1H;/q;-1;;;+2/p-2. The number of nitrogens with zero attached hydrogens (tertiary/aromatic N) is 1. The molecule has 0 saturated heterocycles. The fourth-order valence-electron chi connectivity index (χ4n) is 0.396. The average Bonchev–Trinajstić information content (AvgIpc) is 2.93. The van der Waals surface area contributed by atoms with E-state index in [-0.39, 0.29) is 0 Å². The fraction of sp³-hybridized carbons (Fsp3) is 0.375. The molecule has 0 unspecified atom stereocenters. The van der Waals surface area contributed by atoms with E-state index in [2.05, 4.69) is 4.98 Å². The van der Waals surface area contributed by atoms with Gasteiger partial charge in [-0.3, -0.25) is 4.98 Å². The van der Waals surface area contributed by atoms with Gasteiger partial charge in [0.15, 0.2) is 0 Å². The van der Waals surface area contributed by atoms with E-state index in [1.807, 2.05) is 18.2 Å². The summed E-state index contributed by atoms with van der Waals surface area (Å²) in [5, 5.41) is 0. The van der Waals surface area contributed by atoms with Crippen LogP contribution in [0.4, 0.5) is 0 Å². The van der Waals surface area contributed by atoms with Crippen LogP contribution in [-0.4, -0.2) is 11.0 Å². The van der Waals surface area contributed by atoms with Crippen LogP contribution in [0.15, 0.2) is 30.6 Å². The summed E-state index contributed by atoms with van der Waals surface area (Å²) in [4.78, 5) is 3.78. The molecule has 1 heterocycles. The number of hydrogen-bond acceptors (Lipinski definition) is 1. The first-order valence-electron chi connectivity index (χ1n) is 3.69. The molecule has 0 atom stereocenters. The van der Waals surface area contributed by atoms with Crippen LogP contribution in [0.5, 0.6) is 0 Å². The van der Waals surface area contributed by atoms with Gasteiger partial charge in [-0.15, -0.1) is 6.04 Å². The summed E-state index contributed by atoms with van der Waals surface area (Å²) in [6.45, 7) is 0. The summed E-state index contributed by atoms with van der Waals surface area (Å²) in [7, 11) is 9.75. The Morgan fingerprint density at radius 2 is 1.54 bits per heavy atom. The topological polar surface area (TPSA) is 36.7 Å². The predicted molar refractivity (Wildman–Crippen MR) is 53.3 cm³/mol. The maximum atomic E-state index is 6.69. The second-order valence-electron chi connectivity index (χ2n) is 2.34. The number of aromatic nitrogens is 1. The van der Waals surface area contributed by atoms with Gasteiger partial charge in [-0.05, 0) is 12.1 Å². The summed E-state index contributed by atoms with van der Waals surface area (Å²) in [6.07, 6.45) is 5.81. The molecule has 1 aliphatic rings. The van der Waals surface area contributed by atoms with Crippen molar-refractivity contribution in [2.75, 3.05) is 0 Å². The Bertz CT molecular complexity index is 156. The molecule has 5 heteroatoms. The van der Waals surface area contributed by atoms with Gasteiger partial charge in [0, 0.05) is 12.4 Å². The molecule has 0 radical (unpaired) electrons. The number of pyridine rings is 1. The molecular weight excluding hydrogens is 390 g/mol. The normalized spacial score (nSPS) is 13.5. The molecule has 1 N–H and O–H groups in total. The third-order valence-electron chi connectivity index (χ3n) is 1.14. The van der Waals surface area contributed by atoms with E-state index < -0.39 is 16.5 Å². The quantitative estimate of drug-likeness (QED) is 0.654. The third-order valence-corrected chi connectivity index (χ3v) is 1.14. The minimum atomic E-state index is -0.472. The van der Waals surface area contributed by atoms with Gasteiger partial charge in [0.25, 0.3) is 0 Å². The SMILES string of the molecule is [Cl][Pt][Cl].[NH-]C1CC1.c1ccncc1.